The van der Waals surface area contributed by atoms with Crippen LogP contribution in [0, 0.1) is 0 Å². The van der Waals surface area contributed by atoms with Crippen LogP contribution in [0.5, 0.6) is 11.5 Å². The summed E-state index contributed by atoms with van der Waals surface area (Å²) in [7, 11) is -1.49. The van der Waals surface area contributed by atoms with Crippen LogP contribution in [0.4, 0.5) is 5.82 Å². The van der Waals surface area contributed by atoms with E-state index in [0.29, 0.717) is 28.2 Å². The van der Waals surface area contributed by atoms with E-state index in [4.69, 9.17) is 57.4 Å². The molecule has 2 fully saturated rings. The number of rotatable bonds is 27. The summed E-state index contributed by atoms with van der Waals surface area (Å²) >= 11 is 0. The van der Waals surface area contributed by atoms with E-state index in [9.17, 15) is 24.0 Å². The first-order valence-electron chi connectivity index (χ1n) is 27.4. The number of amides is 1. The molecular formula is C60H74N5O18P. The molecule has 2 unspecified atom stereocenters. The monoisotopic (exact) mass is 1180 g/mol. The number of carbonyl (C=O) groups is 5. The highest BCUT2D eigenvalue weighted by Crippen LogP contribution is 2.58. The van der Waals surface area contributed by atoms with Gasteiger partial charge in [-0.3, -0.25) is 37.6 Å². The zero-order valence-electron chi connectivity index (χ0n) is 48.6. The highest BCUT2D eigenvalue weighted by molar-refractivity contribution is 7.51. The predicted octanol–water partition coefficient (Wildman–Crippen LogP) is 7.08. The van der Waals surface area contributed by atoms with Gasteiger partial charge < -0.3 is 53.7 Å². The quantitative estimate of drug-likeness (QED) is 0.0133. The van der Waals surface area contributed by atoms with E-state index in [0.717, 1.165) is 13.8 Å². The number of benzene rings is 4. The zero-order chi connectivity index (χ0) is 60.9. The van der Waals surface area contributed by atoms with Gasteiger partial charge in [-0.1, -0.05) is 84.9 Å². The molecule has 10 atom stereocenters. The number of ether oxygens (including phenoxy) is 9. The maximum Gasteiger partial charge on any atom is 0.409 e. The fourth-order valence-corrected chi connectivity index (χ4v) is 12.8. The van der Waals surface area contributed by atoms with Gasteiger partial charge in [0.1, 0.15) is 60.1 Å². The molecule has 1 aromatic heterocycles. The molecule has 0 radical (unpaired) electrons. The third-order valence-corrected chi connectivity index (χ3v) is 16.4. The van der Waals surface area contributed by atoms with Gasteiger partial charge in [0.15, 0.2) is 30.4 Å². The van der Waals surface area contributed by atoms with Gasteiger partial charge in [-0.25, -0.2) is 14.0 Å². The Morgan fingerprint density at radius 3 is 1.83 bits per heavy atom. The van der Waals surface area contributed by atoms with E-state index < -0.39 is 123 Å². The SMILES string of the molecule is COc1ccc(C(OC(C(=O)c2ccccc2)[C@H]2O[C@@H](n3ccc(N)nc3=O)C[C@@H]2OP(=O)(OCCCO[C@@H]2O[C@H](COC(C)=O)[C@@H](OC(C)=O)[C@H](OC(C)=O)[C@H]2NC(C)=O)N(C(C)C)C(C)C)(c2ccccc2)c2ccc(OC)cc2)cc1. The standard InChI is InChI=1S/C60H74N5O18P/c1-36(2)65(37(3)4)84(72,77-33-17-32-75-58-52(62-38(5)66)56(79-41(8)69)55(78-40(7)68)49(80-58)35-76-39(6)67)83-48-34-51(64-31-30-50(61)63-59(64)71)81-54(48)57(53(70)42-18-13-11-14-19-42)82-60(43-20-15-12-16-21-43,44-22-26-46(73-9)27-23-44)45-24-28-47(74-10)29-25-45/h11-16,18-31,36-37,48-49,51-52,54-58H,17,32-35H2,1-10H3,(H,62,66)(H2,61,63,71)/t48-,49+,51+,52+,54-,55+,56+,57?,58+,84?/m0/s1. The Morgan fingerprint density at radius 1 is 0.750 bits per heavy atom. The molecule has 84 heavy (non-hydrogen) atoms. The van der Waals surface area contributed by atoms with Crippen LogP contribution in [0.2, 0.25) is 0 Å². The maximum atomic E-state index is 16.2. The van der Waals surface area contributed by atoms with Gasteiger partial charge >= 0.3 is 31.3 Å². The molecule has 23 nitrogen and oxygen atoms in total. The van der Waals surface area contributed by atoms with Crippen LogP contribution >= 0.6 is 7.75 Å². The van der Waals surface area contributed by atoms with E-state index in [1.54, 1.807) is 73.5 Å². The number of nitrogens with zero attached hydrogens (tertiary/aromatic N) is 3. The summed E-state index contributed by atoms with van der Waals surface area (Å²) in [5, 5.41) is 2.67. The van der Waals surface area contributed by atoms with Crippen LogP contribution in [0.1, 0.15) is 102 Å². The van der Waals surface area contributed by atoms with Crippen molar-refractivity contribution in [2.45, 2.75) is 141 Å². The first kappa shape index (κ1) is 64.2. The Kier molecular flexibility index (Phi) is 22.1. The molecule has 3 N–H and O–H groups in total. The lowest BCUT2D eigenvalue weighted by molar-refractivity contribution is -0.278. The lowest BCUT2D eigenvalue weighted by atomic mass is 9.79. The van der Waals surface area contributed by atoms with Crippen LogP contribution in [0.3, 0.4) is 0 Å². The summed E-state index contributed by atoms with van der Waals surface area (Å²) in [4.78, 5) is 83.0. The van der Waals surface area contributed by atoms with Gasteiger partial charge in [0.2, 0.25) is 5.91 Å². The number of esters is 3. The average molecular weight is 1180 g/mol. The second-order valence-corrected chi connectivity index (χ2v) is 22.4. The fraction of sp³-hybridized carbons (Fsp3) is 0.450. The average Bonchev–Trinajstić information content (AvgIpc) is 1.52. The van der Waals surface area contributed by atoms with E-state index in [2.05, 4.69) is 10.3 Å². The smallest absolute Gasteiger partial charge is 0.409 e. The molecule has 0 spiro atoms. The molecule has 0 bridgehead atoms. The predicted molar refractivity (Wildman–Crippen MR) is 305 cm³/mol. The highest BCUT2D eigenvalue weighted by atomic mass is 31.2. The van der Waals surface area contributed by atoms with Crippen LogP contribution in [-0.4, -0.2) is 139 Å². The Labute approximate surface area is 487 Å². The lowest BCUT2D eigenvalue weighted by Gasteiger charge is -2.45. The molecule has 2 aliphatic rings. The van der Waals surface area contributed by atoms with Crippen molar-refractivity contribution in [2.75, 3.05) is 39.8 Å². The number of Topliss-reactive ketones (excluding diaryl/α,β-unsaturated/α-hetero) is 1. The third-order valence-electron chi connectivity index (χ3n) is 13.9. The summed E-state index contributed by atoms with van der Waals surface area (Å²) in [5.41, 5.74) is 5.56. The van der Waals surface area contributed by atoms with Gasteiger partial charge in [-0.2, -0.15) is 4.98 Å². The normalized spacial score (nSPS) is 21.7. The molecular weight excluding hydrogens is 1110 g/mol. The van der Waals surface area contributed by atoms with Crippen molar-refractivity contribution in [3.8, 4) is 11.5 Å². The summed E-state index contributed by atoms with van der Waals surface area (Å²) in [6.45, 7) is 10.9. The van der Waals surface area contributed by atoms with Crippen molar-refractivity contribution in [1.29, 1.82) is 0 Å². The van der Waals surface area contributed by atoms with Crippen molar-refractivity contribution >= 4 is 43.2 Å². The van der Waals surface area contributed by atoms with Gasteiger partial charge in [0, 0.05) is 58.0 Å². The Bertz CT molecular complexity index is 3080. The molecule has 0 saturated carbocycles. The molecule has 2 saturated heterocycles. The minimum atomic E-state index is -4.59. The van der Waals surface area contributed by atoms with E-state index in [1.807, 2.05) is 82.3 Å². The van der Waals surface area contributed by atoms with E-state index in [1.165, 1.54) is 30.7 Å². The first-order valence-corrected chi connectivity index (χ1v) is 28.9. The van der Waals surface area contributed by atoms with Crippen LogP contribution in [0.25, 0.3) is 0 Å². The van der Waals surface area contributed by atoms with E-state index in [-0.39, 0.29) is 37.4 Å². The molecule has 3 heterocycles. The number of nitrogen functional groups attached to an aromatic ring is 1. The molecule has 5 aromatic rings. The number of nitrogens with one attached hydrogen (secondary N) is 1. The van der Waals surface area contributed by atoms with Crippen molar-refractivity contribution in [2.24, 2.45) is 0 Å². The molecule has 1 amide bonds. The fourth-order valence-electron chi connectivity index (χ4n) is 10.5. The van der Waals surface area contributed by atoms with Crippen LogP contribution in [-0.2, 0) is 71.5 Å². The number of methoxy groups -OCH3 is 2. The Balaban J connectivity index is 1.31. The van der Waals surface area contributed by atoms with E-state index >= 15 is 9.36 Å². The first-order chi connectivity index (χ1) is 40.1. The number of carbonyl (C=O) groups excluding carboxylic acids is 5. The minimum Gasteiger partial charge on any atom is -0.497 e. The zero-order valence-corrected chi connectivity index (χ0v) is 49.5. The largest absolute Gasteiger partial charge is 0.497 e. The van der Waals surface area contributed by atoms with Crippen LogP contribution < -0.4 is 26.2 Å². The Hall–Kier alpha value is -7.34. The lowest BCUT2D eigenvalue weighted by Crippen LogP contribution is -2.66. The van der Waals surface area contributed by atoms with Gasteiger partial charge in [0.05, 0.1) is 27.4 Å². The topological polar surface area (TPSA) is 280 Å². The second-order valence-electron chi connectivity index (χ2n) is 20.6. The molecule has 0 aliphatic carbocycles. The molecule has 2 aliphatic heterocycles. The van der Waals surface area contributed by atoms with Gasteiger partial charge in [0.25, 0.3) is 0 Å². The van der Waals surface area contributed by atoms with Crippen molar-refractivity contribution in [3.05, 3.63) is 154 Å². The Morgan fingerprint density at radius 2 is 1.31 bits per heavy atom. The second kappa shape index (κ2) is 29.0. The molecule has 7 rings (SSSR count). The number of anilines is 1. The van der Waals surface area contributed by atoms with Crippen molar-refractivity contribution in [1.82, 2.24) is 19.5 Å². The minimum absolute atomic E-state index is 0.00841. The number of ketones is 1. The van der Waals surface area contributed by atoms with Crippen molar-refractivity contribution < 1.29 is 80.2 Å². The number of hydrogen-bond acceptors (Lipinski definition) is 20. The summed E-state index contributed by atoms with van der Waals surface area (Å²) in [6.07, 6.45) is -9.81. The molecule has 24 heteroatoms. The highest BCUT2D eigenvalue weighted by Gasteiger charge is 2.55. The number of nitrogens with two attached hydrogens (primary N) is 1. The molecule has 452 valence electrons. The molecule has 4 aromatic carbocycles. The number of aromatic nitrogens is 2. The van der Waals surface area contributed by atoms with Gasteiger partial charge in [-0.05, 0) is 81.1 Å². The third kappa shape index (κ3) is 15.5. The summed E-state index contributed by atoms with van der Waals surface area (Å²) in [5.74, 6) is -2.30. The summed E-state index contributed by atoms with van der Waals surface area (Å²) in [6, 6.07) is 31.4. The summed E-state index contributed by atoms with van der Waals surface area (Å²) < 4.78 is 86.9. The van der Waals surface area contributed by atoms with Gasteiger partial charge in [-0.15, -0.1) is 0 Å². The number of hydrogen-bond donors (Lipinski definition) is 2. The van der Waals surface area contributed by atoms with Crippen LogP contribution in [0.15, 0.2) is 126 Å². The van der Waals surface area contributed by atoms with Crippen molar-refractivity contribution in [3.63, 3.8) is 0 Å². The maximum absolute atomic E-state index is 16.2.